The summed E-state index contributed by atoms with van der Waals surface area (Å²) in [5.74, 6) is -0.983. The number of carbonyl (C=O) groups is 2. The number of hydrogen-bond donors (Lipinski definition) is 1. The molecule has 1 aliphatic carbocycles. The van der Waals surface area contributed by atoms with E-state index in [-0.39, 0.29) is 17.6 Å². The van der Waals surface area contributed by atoms with Crippen LogP contribution in [0.3, 0.4) is 0 Å². The topological polar surface area (TPSA) is 46.2 Å². The molecule has 0 saturated carbocycles. The molecule has 1 aliphatic heterocycles. The van der Waals surface area contributed by atoms with Crippen molar-refractivity contribution in [3.63, 3.8) is 0 Å². The van der Waals surface area contributed by atoms with Crippen LogP contribution in [0, 0.1) is 0 Å². The summed E-state index contributed by atoms with van der Waals surface area (Å²) in [7, 11) is 0. The number of benzene rings is 3. The monoisotopic (exact) mass is 385 g/mol. The average Bonchev–Trinajstić information content (AvgIpc) is 3.01. The van der Waals surface area contributed by atoms with E-state index in [0.717, 1.165) is 16.7 Å². The fraction of sp³-hybridized carbons (Fsp3) is 0.0833. The second-order valence-electron chi connectivity index (χ2n) is 7.07. The standard InChI is InChI=1S/C24H16ClNO2/c25-16-12-10-15(11-13-16)19-20(14-6-2-1-3-7-14)24(28)26-22-17-8-4-5-9-18(17)23(27)21(19)22/h1-13,19-20H,(H,26,28). The van der Waals surface area contributed by atoms with Gasteiger partial charge in [-0.3, -0.25) is 9.59 Å². The van der Waals surface area contributed by atoms with E-state index in [9.17, 15) is 9.59 Å². The van der Waals surface area contributed by atoms with Crippen LogP contribution in [0.1, 0.15) is 38.9 Å². The van der Waals surface area contributed by atoms with Gasteiger partial charge in [0.15, 0.2) is 5.78 Å². The number of halogens is 1. The van der Waals surface area contributed by atoms with Crippen LogP contribution in [-0.2, 0) is 4.79 Å². The van der Waals surface area contributed by atoms with Gasteiger partial charge in [0, 0.05) is 27.6 Å². The first-order valence-electron chi connectivity index (χ1n) is 9.14. The maximum Gasteiger partial charge on any atom is 0.232 e. The van der Waals surface area contributed by atoms with Crippen molar-refractivity contribution in [2.75, 3.05) is 0 Å². The second kappa shape index (κ2) is 6.47. The molecule has 5 rings (SSSR count). The Kier molecular flexibility index (Phi) is 3.92. The number of ketones is 1. The highest BCUT2D eigenvalue weighted by Gasteiger charge is 2.46. The summed E-state index contributed by atoms with van der Waals surface area (Å²) >= 11 is 6.09. The van der Waals surface area contributed by atoms with Crippen LogP contribution in [0.2, 0.25) is 5.02 Å². The molecular formula is C24H16ClNO2. The number of allylic oxidation sites excluding steroid dienone is 1. The predicted molar refractivity (Wildman–Crippen MR) is 109 cm³/mol. The molecule has 0 saturated heterocycles. The van der Waals surface area contributed by atoms with Crippen LogP contribution in [0.15, 0.2) is 84.4 Å². The van der Waals surface area contributed by atoms with Gasteiger partial charge < -0.3 is 5.32 Å². The molecule has 1 N–H and O–H groups in total. The molecule has 2 unspecified atom stereocenters. The van der Waals surface area contributed by atoms with Gasteiger partial charge in [-0.25, -0.2) is 0 Å². The lowest BCUT2D eigenvalue weighted by Crippen LogP contribution is -2.38. The van der Waals surface area contributed by atoms with E-state index in [0.29, 0.717) is 21.9 Å². The number of fused-ring (bicyclic) bond motifs is 2. The third kappa shape index (κ3) is 2.51. The summed E-state index contributed by atoms with van der Waals surface area (Å²) < 4.78 is 0. The largest absolute Gasteiger partial charge is 0.325 e. The lowest BCUT2D eigenvalue weighted by atomic mass is 9.73. The molecule has 0 bridgehead atoms. The first-order valence-corrected chi connectivity index (χ1v) is 9.52. The lowest BCUT2D eigenvalue weighted by molar-refractivity contribution is -0.122. The Hall–Kier alpha value is -3.17. The Labute approximate surface area is 167 Å². The third-order valence-corrected chi connectivity index (χ3v) is 5.77. The zero-order valence-corrected chi connectivity index (χ0v) is 15.6. The highest BCUT2D eigenvalue weighted by molar-refractivity contribution is 6.30. The second-order valence-corrected chi connectivity index (χ2v) is 7.51. The smallest absolute Gasteiger partial charge is 0.232 e. The number of carbonyl (C=O) groups excluding carboxylic acids is 2. The molecule has 2 atom stereocenters. The average molecular weight is 386 g/mol. The molecule has 0 aromatic heterocycles. The van der Waals surface area contributed by atoms with Crippen molar-refractivity contribution < 1.29 is 9.59 Å². The van der Waals surface area contributed by atoms with Gasteiger partial charge in [-0.05, 0) is 23.3 Å². The van der Waals surface area contributed by atoms with Gasteiger partial charge in [-0.1, -0.05) is 78.3 Å². The van der Waals surface area contributed by atoms with E-state index < -0.39 is 5.92 Å². The third-order valence-electron chi connectivity index (χ3n) is 5.52. The van der Waals surface area contributed by atoms with E-state index in [4.69, 9.17) is 11.6 Å². The Morgan fingerprint density at radius 1 is 0.679 bits per heavy atom. The maximum absolute atomic E-state index is 13.3. The van der Waals surface area contributed by atoms with Crippen LogP contribution in [0.4, 0.5) is 0 Å². The van der Waals surface area contributed by atoms with Crippen LogP contribution in [0.5, 0.6) is 0 Å². The Balaban J connectivity index is 1.75. The molecule has 3 aromatic carbocycles. The summed E-state index contributed by atoms with van der Waals surface area (Å²) in [6, 6.07) is 24.5. The summed E-state index contributed by atoms with van der Waals surface area (Å²) in [5, 5.41) is 3.64. The van der Waals surface area contributed by atoms with Crippen molar-refractivity contribution in [3.8, 4) is 0 Å². The summed E-state index contributed by atoms with van der Waals surface area (Å²) in [6.45, 7) is 0. The SMILES string of the molecule is O=C1C2=C(NC(=O)C(c3ccccc3)C2c2ccc(Cl)cc2)c2ccccc21. The summed E-state index contributed by atoms with van der Waals surface area (Å²) in [6.07, 6.45) is 0. The molecule has 1 heterocycles. The highest BCUT2D eigenvalue weighted by Crippen LogP contribution is 2.49. The Bertz CT molecular complexity index is 1130. The molecular weight excluding hydrogens is 370 g/mol. The molecule has 3 aromatic rings. The quantitative estimate of drug-likeness (QED) is 0.678. The Morgan fingerprint density at radius 3 is 2.00 bits per heavy atom. The van der Waals surface area contributed by atoms with Crippen molar-refractivity contribution in [3.05, 3.63) is 112 Å². The minimum absolute atomic E-state index is 0.0218. The van der Waals surface area contributed by atoms with Crippen LogP contribution >= 0.6 is 11.6 Å². The van der Waals surface area contributed by atoms with Crippen molar-refractivity contribution in [1.29, 1.82) is 0 Å². The normalized spacial score (nSPS) is 20.6. The number of Topliss-reactive ketones (excluding diaryl/α,β-unsaturated/α-hetero) is 1. The summed E-state index contributed by atoms with van der Waals surface area (Å²) in [5.41, 5.74) is 4.51. The molecule has 0 radical (unpaired) electrons. The number of hydrogen-bond acceptors (Lipinski definition) is 2. The lowest BCUT2D eigenvalue weighted by Gasteiger charge is -2.33. The summed E-state index contributed by atoms with van der Waals surface area (Å²) in [4.78, 5) is 26.6. The fourth-order valence-corrected chi connectivity index (χ4v) is 4.41. The first kappa shape index (κ1) is 17.0. The van der Waals surface area contributed by atoms with Crippen LogP contribution in [0.25, 0.3) is 5.70 Å². The van der Waals surface area contributed by atoms with Crippen molar-refractivity contribution in [2.24, 2.45) is 0 Å². The minimum Gasteiger partial charge on any atom is -0.325 e. The molecule has 1 amide bonds. The predicted octanol–water partition coefficient (Wildman–Crippen LogP) is 4.94. The number of rotatable bonds is 2. The van der Waals surface area contributed by atoms with Crippen molar-refractivity contribution in [2.45, 2.75) is 11.8 Å². The van der Waals surface area contributed by atoms with Crippen molar-refractivity contribution in [1.82, 2.24) is 5.32 Å². The molecule has 28 heavy (non-hydrogen) atoms. The van der Waals surface area contributed by atoms with E-state index in [2.05, 4.69) is 5.32 Å². The van der Waals surface area contributed by atoms with E-state index in [1.165, 1.54) is 0 Å². The van der Waals surface area contributed by atoms with Gasteiger partial charge >= 0.3 is 0 Å². The highest BCUT2D eigenvalue weighted by atomic mass is 35.5. The van der Waals surface area contributed by atoms with Gasteiger partial charge in [-0.15, -0.1) is 0 Å². The van der Waals surface area contributed by atoms with Gasteiger partial charge in [0.1, 0.15) is 0 Å². The zero-order chi connectivity index (χ0) is 19.3. The van der Waals surface area contributed by atoms with Crippen LogP contribution < -0.4 is 5.32 Å². The molecule has 0 spiro atoms. The molecule has 0 fully saturated rings. The Morgan fingerprint density at radius 2 is 1.29 bits per heavy atom. The number of nitrogens with one attached hydrogen (secondary N) is 1. The van der Waals surface area contributed by atoms with E-state index in [1.54, 1.807) is 12.1 Å². The van der Waals surface area contributed by atoms with Gasteiger partial charge in [0.25, 0.3) is 0 Å². The van der Waals surface area contributed by atoms with Crippen molar-refractivity contribution >= 4 is 29.0 Å². The van der Waals surface area contributed by atoms with Gasteiger partial charge in [0.2, 0.25) is 5.91 Å². The van der Waals surface area contributed by atoms with E-state index >= 15 is 0 Å². The molecule has 3 nitrogen and oxygen atoms in total. The fourth-order valence-electron chi connectivity index (χ4n) is 4.29. The first-order chi connectivity index (χ1) is 13.6. The molecule has 2 aliphatic rings. The minimum atomic E-state index is -0.487. The van der Waals surface area contributed by atoms with Gasteiger partial charge in [0.05, 0.1) is 11.6 Å². The molecule has 136 valence electrons. The van der Waals surface area contributed by atoms with Crippen LogP contribution in [-0.4, -0.2) is 11.7 Å². The maximum atomic E-state index is 13.3. The molecule has 4 heteroatoms. The van der Waals surface area contributed by atoms with Gasteiger partial charge in [-0.2, -0.15) is 0 Å². The number of amides is 1. The zero-order valence-electron chi connectivity index (χ0n) is 14.9. The van der Waals surface area contributed by atoms with E-state index in [1.807, 2.05) is 66.7 Å².